The van der Waals surface area contributed by atoms with Crippen LogP contribution in [0, 0.1) is 5.92 Å². The van der Waals surface area contributed by atoms with Gasteiger partial charge in [0.2, 0.25) is 17.7 Å². The van der Waals surface area contributed by atoms with Gasteiger partial charge in [-0.05, 0) is 49.3 Å². The molecule has 3 amide bonds. The summed E-state index contributed by atoms with van der Waals surface area (Å²) >= 11 is 0. The van der Waals surface area contributed by atoms with E-state index in [1.165, 1.54) is 44.9 Å². The van der Waals surface area contributed by atoms with E-state index in [9.17, 15) is 14.4 Å². The van der Waals surface area contributed by atoms with Gasteiger partial charge in [-0.3, -0.25) is 14.4 Å². The molecule has 0 radical (unpaired) electrons. The molecule has 1 unspecified atom stereocenters. The number of rotatable bonds is 23. The third-order valence-electron chi connectivity index (χ3n) is 6.98. The molecule has 39 heavy (non-hydrogen) atoms. The van der Waals surface area contributed by atoms with E-state index in [1.54, 1.807) is 0 Å². The smallest absolute Gasteiger partial charge is 0.242 e. The highest BCUT2D eigenvalue weighted by Crippen LogP contribution is 2.12. The number of amides is 3. The second-order valence-electron chi connectivity index (χ2n) is 11.2. The third-order valence-corrected chi connectivity index (χ3v) is 6.98. The Bertz CT molecular complexity index is 795. The molecule has 0 saturated heterocycles. The van der Waals surface area contributed by atoms with Crippen molar-refractivity contribution in [2.45, 2.75) is 130 Å². The zero-order valence-corrected chi connectivity index (χ0v) is 25.2. The fraction of sp³-hybridized carbons (Fsp3) is 0.719. The van der Waals surface area contributed by atoms with Crippen molar-refractivity contribution in [2.75, 3.05) is 18.9 Å². The number of unbranched alkanes of at least 4 members (excludes halogenated alkanes) is 10. The van der Waals surface area contributed by atoms with Crippen molar-refractivity contribution < 1.29 is 14.4 Å². The van der Waals surface area contributed by atoms with E-state index in [2.05, 4.69) is 42.0 Å². The minimum absolute atomic E-state index is 0.0252. The van der Waals surface area contributed by atoms with Crippen molar-refractivity contribution in [1.29, 1.82) is 0 Å². The van der Waals surface area contributed by atoms with Crippen LogP contribution in [0.3, 0.4) is 0 Å². The van der Waals surface area contributed by atoms with Gasteiger partial charge in [0.15, 0.2) is 0 Å². The molecule has 4 N–H and O–H groups in total. The lowest BCUT2D eigenvalue weighted by Gasteiger charge is -2.20. The second-order valence-corrected chi connectivity index (χ2v) is 11.2. The predicted octanol–water partition coefficient (Wildman–Crippen LogP) is 6.47. The Labute approximate surface area is 238 Å². The maximum absolute atomic E-state index is 12.7. The Morgan fingerprint density at radius 1 is 0.718 bits per heavy atom. The minimum Gasteiger partial charge on any atom is -0.388 e. The van der Waals surface area contributed by atoms with Gasteiger partial charge in [0.05, 0.1) is 0 Å². The first kappa shape index (κ1) is 34.5. The van der Waals surface area contributed by atoms with Crippen LogP contribution < -0.4 is 21.3 Å². The fourth-order valence-corrected chi connectivity index (χ4v) is 4.57. The lowest BCUT2D eigenvalue weighted by atomic mass is 10.0. The summed E-state index contributed by atoms with van der Waals surface area (Å²) in [5.74, 6) is 0.228. The number of nitrogens with one attached hydrogen (secondary N) is 4. The first-order chi connectivity index (χ1) is 18.8. The normalized spacial score (nSPS) is 11.7. The van der Waals surface area contributed by atoms with E-state index >= 15 is 0 Å². The molecule has 222 valence electrons. The van der Waals surface area contributed by atoms with Crippen LogP contribution in [0.15, 0.2) is 24.3 Å². The van der Waals surface area contributed by atoms with Gasteiger partial charge in [-0.15, -0.1) is 0 Å². The van der Waals surface area contributed by atoms with Gasteiger partial charge in [0.25, 0.3) is 0 Å². The Morgan fingerprint density at radius 3 is 1.87 bits per heavy atom. The van der Waals surface area contributed by atoms with Gasteiger partial charge in [-0.1, -0.05) is 90.7 Å². The molecule has 0 aliphatic rings. The van der Waals surface area contributed by atoms with Gasteiger partial charge >= 0.3 is 0 Å². The van der Waals surface area contributed by atoms with Crippen molar-refractivity contribution in [3.8, 4) is 0 Å². The quantitative estimate of drug-likeness (QED) is 0.119. The van der Waals surface area contributed by atoms with Crippen LogP contribution in [0.4, 0.5) is 5.69 Å². The average molecular weight is 545 g/mol. The van der Waals surface area contributed by atoms with Gasteiger partial charge < -0.3 is 21.3 Å². The second kappa shape index (κ2) is 22.3. The summed E-state index contributed by atoms with van der Waals surface area (Å²) < 4.78 is 0. The molecule has 1 rings (SSSR count). The van der Waals surface area contributed by atoms with E-state index in [1.807, 2.05) is 31.3 Å². The number of hydrogen-bond acceptors (Lipinski definition) is 4. The summed E-state index contributed by atoms with van der Waals surface area (Å²) in [6.45, 7) is 7.45. The molecule has 0 spiro atoms. The first-order valence-electron chi connectivity index (χ1n) is 15.5. The number of carbonyl (C=O) groups excluding carboxylic acids is 3. The van der Waals surface area contributed by atoms with Crippen molar-refractivity contribution in [3.05, 3.63) is 29.8 Å². The summed E-state index contributed by atoms with van der Waals surface area (Å²) in [5, 5.41) is 12.0. The molecule has 1 aromatic rings. The van der Waals surface area contributed by atoms with Crippen molar-refractivity contribution in [3.63, 3.8) is 0 Å². The van der Waals surface area contributed by atoms with Crippen LogP contribution in [0.2, 0.25) is 0 Å². The largest absolute Gasteiger partial charge is 0.388 e. The summed E-state index contributed by atoms with van der Waals surface area (Å²) in [4.78, 5) is 37.3. The lowest BCUT2D eigenvalue weighted by Crippen LogP contribution is -2.47. The maximum atomic E-state index is 12.7. The summed E-state index contributed by atoms with van der Waals surface area (Å²) in [7, 11) is 1.88. The van der Waals surface area contributed by atoms with Crippen LogP contribution in [0.25, 0.3) is 0 Å². The highest BCUT2D eigenvalue weighted by molar-refractivity contribution is 5.87. The van der Waals surface area contributed by atoms with Crippen LogP contribution >= 0.6 is 0 Å². The molecule has 0 fully saturated rings. The van der Waals surface area contributed by atoms with E-state index in [4.69, 9.17) is 0 Å². The molecule has 0 bridgehead atoms. The molecule has 0 saturated carbocycles. The highest BCUT2D eigenvalue weighted by atomic mass is 16.2. The summed E-state index contributed by atoms with van der Waals surface area (Å²) in [6, 6.07) is 7.50. The Balaban J connectivity index is 2.17. The molecular formula is C32H56N4O3. The number of hydrogen-bond donors (Lipinski definition) is 4. The molecule has 0 aromatic heterocycles. The van der Waals surface area contributed by atoms with E-state index in [-0.39, 0.29) is 17.7 Å². The number of anilines is 1. The van der Waals surface area contributed by atoms with Gasteiger partial charge in [0, 0.05) is 38.7 Å². The van der Waals surface area contributed by atoms with Crippen molar-refractivity contribution >= 4 is 23.4 Å². The Kier molecular flexibility index (Phi) is 19.7. The monoisotopic (exact) mass is 544 g/mol. The van der Waals surface area contributed by atoms with Crippen LogP contribution in [-0.4, -0.2) is 37.4 Å². The Morgan fingerprint density at radius 2 is 1.28 bits per heavy atom. The zero-order chi connectivity index (χ0) is 28.7. The molecule has 7 heteroatoms. The molecular weight excluding hydrogens is 488 g/mol. The molecule has 0 heterocycles. The minimum atomic E-state index is -0.482. The Hall–Kier alpha value is -2.57. The van der Waals surface area contributed by atoms with Crippen LogP contribution in [0.5, 0.6) is 0 Å². The van der Waals surface area contributed by atoms with Crippen LogP contribution in [-0.2, 0) is 20.9 Å². The molecule has 0 aliphatic carbocycles. The summed E-state index contributed by atoms with van der Waals surface area (Å²) in [6.07, 6.45) is 15.0. The standard InChI is InChI=1S/C32H56N4O3/c1-5-6-7-8-9-10-11-12-14-18-31(38)36-29(24-26(2)3)32(39)34-23-16-13-15-17-30(37)35-25-27-19-21-28(33-4)22-20-27/h19-22,26,29,33H,5-18,23-25H2,1-4H3,(H,34,39)(H,35,37)(H,36,38). The van der Waals surface area contributed by atoms with Crippen molar-refractivity contribution in [2.24, 2.45) is 5.92 Å². The van der Waals surface area contributed by atoms with Crippen LogP contribution in [0.1, 0.15) is 123 Å². The molecule has 1 atom stereocenters. The SMILES string of the molecule is CCCCCCCCCCCC(=O)NC(CC(C)C)C(=O)NCCCCCC(=O)NCc1ccc(NC)cc1. The summed E-state index contributed by atoms with van der Waals surface area (Å²) in [5.41, 5.74) is 2.12. The van der Waals surface area contributed by atoms with Gasteiger partial charge in [-0.2, -0.15) is 0 Å². The zero-order valence-electron chi connectivity index (χ0n) is 25.2. The first-order valence-corrected chi connectivity index (χ1v) is 15.5. The van der Waals surface area contributed by atoms with E-state index in [0.717, 1.165) is 43.4 Å². The molecule has 0 aliphatic heterocycles. The van der Waals surface area contributed by atoms with Crippen molar-refractivity contribution in [1.82, 2.24) is 16.0 Å². The average Bonchev–Trinajstić information content (AvgIpc) is 2.92. The lowest BCUT2D eigenvalue weighted by molar-refractivity contribution is -0.129. The third kappa shape index (κ3) is 18.4. The topological polar surface area (TPSA) is 99.3 Å². The predicted molar refractivity (Wildman–Crippen MR) is 163 cm³/mol. The fourth-order valence-electron chi connectivity index (χ4n) is 4.57. The number of carbonyl (C=O) groups is 3. The highest BCUT2D eigenvalue weighted by Gasteiger charge is 2.21. The number of benzene rings is 1. The maximum Gasteiger partial charge on any atom is 0.242 e. The van der Waals surface area contributed by atoms with Gasteiger partial charge in [-0.25, -0.2) is 0 Å². The van der Waals surface area contributed by atoms with Gasteiger partial charge in [0.1, 0.15) is 6.04 Å². The van der Waals surface area contributed by atoms with E-state index < -0.39 is 6.04 Å². The van der Waals surface area contributed by atoms with E-state index in [0.29, 0.717) is 38.3 Å². The molecule has 1 aromatic carbocycles. The molecule has 7 nitrogen and oxygen atoms in total.